The van der Waals surface area contributed by atoms with Gasteiger partial charge in [-0.2, -0.15) is 0 Å². The molecule has 1 fully saturated rings. The van der Waals surface area contributed by atoms with E-state index in [2.05, 4.69) is 45.7 Å². The molecular weight excluding hydrogens is 290 g/mol. The molecule has 0 spiro atoms. The van der Waals surface area contributed by atoms with Crippen molar-refractivity contribution in [1.82, 2.24) is 10.5 Å². The van der Waals surface area contributed by atoms with Crippen molar-refractivity contribution in [3.63, 3.8) is 0 Å². The first-order chi connectivity index (χ1) is 11.4. The van der Waals surface area contributed by atoms with Gasteiger partial charge >= 0.3 is 0 Å². The Hall–Kier alpha value is -2.53. The third kappa shape index (κ3) is 3.14. The minimum atomic E-state index is 0.471. The van der Waals surface area contributed by atoms with E-state index in [1.165, 1.54) is 5.69 Å². The van der Waals surface area contributed by atoms with Crippen LogP contribution < -0.4 is 10.2 Å². The predicted molar refractivity (Wildman–Crippen MR) is 88.1 cm³/mol. The molecule has 2 aromatic heterocycles. The van der Waals surface area contributed by atoms with Crippen LogP contribution in [0.15, 0.2) is 63.7 Å². The fourth-order valence-corrected chi connectivity index (χ4v) is 2.98. The van der Waals surface area contributed by atoms with Crippen LogP contribution in [0, 0.1) is 0 Å². The molecule has 1 saturated heterocycles. The molecule has 0 aliphatic carbocycles. The minimum Gasteiger partial charge on any atom is -0.461 e. The average molecular weight is 309 g/mol. The summed E-state index contributed by atoms with van der Waals surface area (Å²) in [6.45, 7) is 2.81. The van der Waals surface area contributed by atoms with Crippen LogP contribution >= 0.6 is 0 Å². The van der Waals surface area contributed by atoms with Gasteiger partial charge in [0.25, 0.3) is 0 Å². The van der Waals surface area contributed by atoms with Gasteiger partial charge in [-0.3, -0.25) is 0 Å². The van der Waals surface area contributed by atoms with Crippen molar-refractivity contribution in [3.8, 4) is 11.5 Å². The lowest BCUT2D eigenvalue weighted by Crippen LogP contribution is -2.32. The lowest BCUT2D eigenvalue weighted by atomic mass is 10.2. The first-order valence-corrected chi connectivity index (χ1v) is 7.91. The van der Waals surface area contributed by atoms with Gasteiger partial charge in [0.15, 0.2) is 5.76 Å². The second-order valence-corrected chi connectivity index (χ2v) is 5.81. The molecule has 0 radical (unpaired) electrons. The molecule has 5 nitrogen and oxygen atoms in total. The highest BCUT2D eigenvalue weighted by Crippen LogP contribution is 2.22. The number of nitrogens with one attached hydrogen (secondary N) is 1. The maximum Gasteiger partial charge on any atom is 0.202 e. The van der Waals surface area contributed by atoms with Crippen molar-refractivity contribution in [2.75, 3.05) is 18.0 Å². The number of anilines is 1. The van der Waals surface area contributed by atoms with Gasteiger partial charge in [0.05, 0.1) is 12.0 Å². The molecule has 118 valence electrons. The van der Waals surface area contributed by atoms with E-state index in [4.69, 9.17) is 8.94 Å². The summed E-state index contributed by atoms with van der Waals surface area (Å²) in [7, 11) is 0. The number of hydrogen-bond donors (Lipinski definition) is 1. The molecule has 0 saturated carbocycles. The molecule has 23 heavy (non-hydrogen) atoms. The van der Waals surface area contributed by atoms with Crippen LogP contribution in [0.2, 0.25) is 0 Å². The number of hydrogen-bond acceptors (Lipinski definition) is 5. The molecule has 5 heteroatoms. The van der Waals surface area contributed by atoms with Gasteiger partial charge in [-0.1, -0.05) is 23.4 Å². The lowest BCUT2D eigenvalue weighted by Gasteiger charge is -2.18. The Morgan fingerprint density at radius 2 is 2.04 bits per heavy atom. The maximum atomic E-state index is 5.32. The maximum absolute atomic E-state index is 5.32. The standard InChI is InChI=1S/C18H19N3O2/c1-2-5-16(6-3-1)21-9-8-14(13-21)19-12-15-11-18(23-20-15)17-7-4-10-22-17/h1-7,10-11,14,19H,8-9,12-13H2. The third-order valence-electron chi connectivity index (χ3n) is 4.20. The number of rotatable bonds is 5. The Labute approximate surface area is 134 Å². The highest BCUT2D eigenvalue weighted by Gasteiger charge is 2.22. The second-order valence-electron chi connectivity index (χ2n) is 5.81. The highest BCUT2D eigenvalue weighted by atomic mass is 16.5. The molecule has 4 rings (SSSR count). The lowest BCUT2D eigenvalue weighted by molar-refractivity contribution is 0.405. The van der Waals surface area contributed by atoms with Crippen molar-refractivity contribution >= 4 is 5.69 Å². The topological polar surface area (TPSA) is 54.4 Å². The quantitative estimate of drug-likeness (QED) is 0.783. The number of benzene rings is 1. The van der Waals surface area contributed by atoms with Gasteiger partial charge in [0.2, 0.25) is 5.76 Å². The van der Waals surface area contributed by atoms with E-state index in [-0.39, 0.29) is 0 Å². The Morgan fingerprint density at radius 3 is 2.87 bits per heavy atom. The second kappa shape index (κ2) is 6.30. The minimum absolute atomic E-state index is 0.471. The van der Waals surface area contributed by atoms with Crippen LogP contribution in [-0.4, -0.2) is 24.3 Å². The Kier molecular flexibility index (Phi) is 3.86. The molecule has 3 heterocycles. The van der Waals surface area contributed by atoms with Crippen LogP contribution in [0.5, 0.6) is 0 Å². The Morgan fingerprint density at radius 1 is 1.13 bits per heavy atom. The fourth-order valence-electron chi connectivity index (χ4n) is 2.98. The van der Waals surface area contributed by atoms with Gasteiger partial charge in [-0.25, -0.2) is 0 Å². The molecule has 0 amide bonds. The van der Waals surface area contributed by atoms with Crippen LogP contribution in [0.1, 0.15) is 12.1 Å². The first kappa shape index (κ1) is 14.1. The van der Waals surface area contributed by atoms with Crippen molar-refractivity contribution in [3.05, 3.63) is 60.5 Å². The summed E-state index contributed by atoms with van der Waals surface area (Å²) in [5.74, 6) is 1.38. The highest BCUT2D eigenvalue weighted by molar-refractivity contribution is 5.49. The average Bonchev–Trinajstić information content (AvgIpc) is 3.33. The van der Waals surface area contributed by atoms with E-state index in [0.29, 0.717) is 24.1 Å². The molecule has 1 unspecified atom stereocenters. The number of nitrogens with zero attached hydrogens (tertiary/aromatic N) is 2. The Bertz CT molecular complexity index is 737. The van der Waals surface area contributed by atoms with Crippen molar-refractivity contribution in [2.45, 2.75) is 19.0 Å². The molecule has 1 aliphatic rings. The van der Waals surface area contributed by atoms with Crippen molar-refractivity contribution < 1.29 is 8.94 Å². The van der Waals surface area contributed by atoms with Crippen LogP contribution in [-0.2, 0) is 6.54 Å². The third-order valence-corrected chi connectivity index (χ3v) is 4.20. The molecular formula is C18H19N3O2. The molecule has 1 aliphatic heterocycles. The van der Waals surface area contributed by atoms with Crippen LogP contribution in [0.25, 0.3) is 11.5 Å². The largest absolute Gasteiger partial charge is 0.461 e. The van der Waals surface area contributed by atoms with Gasteiger partial charge in [-0.15, -0.1) is 0 Å². The first-order valence-electron chi connectivity index (χ1n) is 7.91. The Balaban J connectivity index is 1.32. The fraction of sp³-hybridized carbons (Fsp3) is 0.278. The van der Waals surface area contributed by atoms with E-state index in [9.17, 15) is 0 Å². The van der Waals surface area contributed by atoms with E-state index in [0.717, 1.165) is 25.2 Å². The van der Waals surface area contributed by atoms with E-state index < -0.39 is 0 Å². The molecule has 1 atom stereocenters. The summed E-state index contributed by atoms with van der Waals surface area (Å²) < 4.78 is 10.6. The van der Waals surface area contributed by atoms with Gasteiger partial charge in [0.1, 0.15) is 0 Å². The van der Waals surface area contributed by atoms with Crippen molar-refractivity contribution in [2.24, 2.45) is 0 Å². The normalized spacial score (nSPS) is 17.7. The number of furan rings is 1. The summed E-state index contributed by atoms with van der Waals surface area (Å²) >= 11 is 0. The van der Waals surface area contributed by atoms with Gasteiger partial charge in [0, 0.05) is 37.4 Å². The van der Waals surface area contributed by atoms with Gasteiger partial charge in [-0.05, 0) is 30.7 Å². The molecule has 3 aromatic rings. The monoisotopic (exact) mass is 309 g/mol. The van der Waals surface area contributed by atoms with Crippen LogP contribution in [0.4, 0.5) is 5.69 Å². The molecule has 1 aromatic carbocycles. The zero-order valence-electron chi connectivity index (χ0n) is 12.8. The SMILES string of the molecule is c1ccc(N2CCC(NCc3cc(-c4ccco4)on3)C2)cc1. The summed E-state index contributed by atoms with van der Waals surface area (Å²) in [5.41, 5.74) is 2.19. The predicted octanol–water partition coefficient (Wildman–Crippen LogP) is 3.30. The summed E-state index contributed by atoms with van der Waals surface area (Å²) in [6.07, 6.45) is 2.77. The van der Waals surface area contributed by atoms with E-state index in [1.54, 1.807) is 6.26 Å². The number of para-hydroxylation sites is 1. The molecule has 1 N–H and O–H groups in total. The summed E-state index contributed by atoms with van der Waals surface area (Å²) in [4.78, 5) is 2.41. The van der Waals surface area contributed by atoms with E-state index in [1.807, 2.05) is 18.2 Å². The zero-order chi connectivity index (χ0) is 15.5. The number of aromatic nitrogens is 1. The molecule has 0 bridgehead atoms. The zero-order valence-corrected chi connectivity index (χ0v) is 12.8. The van der Waals surface area contributed by atoms with Crippen molar-refractivity contribution in [1.29, 1.82) is 0 Å². The van der Waals surface area contributed by atoms with E-state index >= 15 is 0 Å². The van der Waals surface area contributed by atoms with Crippen LogP contribution in [0.3, 0.4) is 0 Å². The van der Waals surface area contributed by atoms with Gasteiger partial charge < -0.3 is 19.2 Å². The summed E-state index contributed by atoms with van der Waals surface area (Å²) in [5, 5.41) is 7.66. The smallest absolute Gasteiger partial charge is 0.202 e. The summed E-state index contributed by atoms with van der Waals surface area (Å²) in [6, 6.07) is 16.7.